The number of carbonyl (C=O) groups is 4. The zero-order valence-corrected chi connectivity index (χ0v) is 34.0. The van der Waals surface area contributed by atoms with E-state index in [1.165, 1.54) is 35.4 Å². The molecule has 1 aliphatic heterocycles. The summed E-state index contributed by atoms with van der Waals surface area (Å²) in [6.45, 7) is 8.97. The molecule has 1 aliphatic carbocycles. The number of hydrogen-bond donors (Lipinski definition) is 1. The average molecular weight is 797 g/mol. The topological polar surface area (TPSA) is 162 Å². The van der Waals surface area contributed by atoms with Crippen molar-refractivity contribution in [1.82, 2.24) is 20.1 Å². The average Bonchev–Trinajstić information content (AvgIpc) is 3.85. The number of aromatic nitrogens is 1. The lowest BCUT2D eigenvalue weighted by Crippen LogP contribution is -2.56. The normalized spacial score (nSPS) is 17.6. The van der Waals surface area contributed by atoms with Crippen molar-refractivity contribution >= 4 is 45.1 Å². The summed E-state index contributed by atoms with van der Waals surface area (Å²) in [7, 11) is -2.43. The van der Waals surface area contributed by atoms with Crippen LogP contribution in [0.5, 0.6) is 5.75 Å². The molecule has 2 aliphatic rings. The van der Waals surface area contributed by atoms with Crippen LogP contribution in [0.3, 0.4) is 0 Å². The van der Waals surface area contributed by atoms with Gasteiger partial charge in [-0.25, -0.2) is 9.78 Å². The van der Waals surface area contributed by atoms with Gasteiger partial charge in [-0.3, -0.25) is 23.5 Å². The molecular formula is C40H52N4O9S2. The Labute approximate surface area is 327 Å². The van der Waals surface area contributed by atoms with Crippen LogP contribution in [0.1, 0.15) is 105 Å². The van der Waals surface area contributed by atoms with Gasteiger partial charge in [0.2, 0.25) is 17.6 Å². The van der Waals surface area contributed by atoms with Gasteiger partial charge in [-0.2, -0.15) is 8.42 Å². The molecule has 55 heavy (non-hydrogen) atoms. The van der Waals surface area contributed by atoms with E-state index in [2.05, 4.69) is 5.32 Å². The molecule has 2 aromatic carbocycles. The van der Waals surface area contributed by atoms with Crippen molar-refractivity contribution in [3.63, 3.8) is 0 Å². The maximum Gasteiger partial charge on any atom is 0.410 e. The fourth-order valence-corrected chi connectivity index (χ4v) is 8.59. The summed E-state index contributed by atoms with van der Waals surface area (Å²) >= 11 is 1.31. The van der Waals surface area contributed by atoms with Crippen molar-refractivity contribution in [2.75, 3.05) is 26.8 Å². The van der Waals surface area contributed by atoms with Crippen molar-refractivity contribution < 1.29 is 41.3 Å². The van der Waals surface area contributed by atoms with Crippen LogP contribution in [0.25, 0.3) is 0 Å². The number of rotatable bonds is 14. The number of ketones is 1. The van der Waals surface area contributed by atoms with Gasteiger partial charge in [0.15, 0.2) is 0 Å². The molecule has 1 saturated carbocycles. The lowest BCUT2D eigenvalue weighted by Gasteiger charge is -2.36. The number of likely N-dealkylation sites (tertiary alicyclic amines) is 1. The van der Waals surface area contributed by atoms with Crippen molar-refractivity contribution in [2.45, 2.75) is 108 Å². The van der Waals surface area contributed by atoms with Gasteiger partial charge in [-0.1, -0.05) is 49.1 Å². The van der Waals surface area contributed by atoms with Crippen LogP contribution in [-0.2, 0) is 28.6 Å². The van der Waals surface area contributed by atoms with E-state index in [0.717, 1.165) is 44.1 Å². The first kappa shape index (κ1) is 41.8. The number of benzene rings is 2. The van der Waals surface area contributed by atoms with Crippen LogP contribution in [0.4, 0.5) is 4.79 Å². The Balaban J connectivity index is 1.23. The van der Waals surface area contributed by atoms with Gasteiger partial charge in [-0.05, 0) is 90.5 Å². The fourth-order valence-electron chi connectivity index (χ4n) is 6.75. The van der Waals surface area contributed by atoms with Gasteiger partial charge in [0.1, 0.15) is 47.3 Å². The standard InChI is InChI=1S/C40H52N4O9S2/c1-26-17-19-31(20-18-26)55(49,50)52-23-22-51-30-15-10-14-29(24-30)35(45)32-25-54-37(41-32)33-16-11-21-44(33)38(47)34(28-12-8-7-9-13-28)42-36(46)27(2)43(6)39(48)53-40(3,4)5/h10,14-15,17-20,24-25,27-28,33-34H,7-9,11-13,16,21-23H2,1-6H3,(H,42,46)/t27?,33-,34?/m0/s1. The van der Waals surface area contributed by atoms with E-state index in [0.29, 0.717) is 29.3 Å². The molecule has 1 aromatic heterocycles. The Morgan fingerprint density at radius 2 is 1.71 bits per heavy atom. The molecule has 3 atom stereocenters. The SMILES string of the molecule is Cc1ccc(S(=O)(=O)OCCOc2cccc(C(=O)c3csc([C@@H]4CCCN4C(=O)C(NC(=O)C(C)N(C)C(=O)OC(C)(C)C)C4CCCCC4)n3)c2)cc1. The van der Waals surface area contributed by atoms with E-state index >= 15 is 0 Å². The summed E-state index contributed by atoms with van der Waals surface area (Å²) in [4.78, 5) is 62.0. The third kappa shape index (κ3) is 10.9. The second kappa shape index (κ2) is 18.1. The summed E-state index contributed by atoms with van der Waals surface area (Å²) in [6.07, 6.45) is 5.42. The van der Waals surface area contributed by atoms with Gasteiger partial charge in [0, 0.05) is 24.5 Å². The van der Waals surface area contributed by atoms with Gasteiger partial charge >= 0.3 is 6.09 Å². The zero-order chi connectivity index (χ0) is 39.9. The Morgan fingerprint density at radius 3 is 2.40 bits per heavy atom. The number of likely N-dealkylation sites (N-methyl/N-ethyl adjacent to an activating group) is 1. The first-order valence-corrected chi connectivity index (χ1v) is 21.1. The Kier molecular flexibility index (Phi) is 13.7. The zero-order valence-electron chi connectivity index (χ0n) is 32.4. The number of nitrogens with one attached hydrogen (secondary N) is 1. The number of hydrogen-bond acceptors (Lipinski definition) is 11. The third-order valence-electron chi connectivity index (χ3n) is 9.90. The largest absolute Gasteiger partial charge is 0.491 e. The van der Waals surface area contributed by atoms with Crippen LogP contribution in [0.2, 0.25) is 0 Å². The Bertz CT molecular complexity index is 1940. The van der Waals surface area contributed by atoms with E-state index < -0.39 is 39.8 Å². The molecule has 2 heterocycles. The van der Waals surface area contributed by atoms with Crippen molar-refractivity contribution in [2.24, 2.45) is 5.92 Å². The van der Waals surface area contributed by atoms with Gasteiger partial charge in [0.25, 0.3) is 10.1 Å². The predicted molar refractivity (Wildman–Crippen MR) is 207 cm³/mol. The number of aryl methyl sites for hydroxylation is 1. The summed E-state index contributed by atoms with van der Waals surface area (Å²) in [6, 6.07) is 10.9. The predicted octanol–water partition coefficient (Wildman–Crippen LogP) is 6.45. The molecule has 0 bridgehead atoms. The molecule has 0 spiro atoms. The van der Waals surface area contributed by atoms with Crippen LogP contribution in [-0.4, -0.2) is 91.4 Å². The maximum absolute atomic E-state index is 14.4. The van der Waals surface area contributed by atoms with Crippen molar-refractivity contribution in [1.29, 1.82) is 0 Å². The van der Waals surface area contributed by atoms with E-state index in [9.17, 15) is 27.6 Å². The fraction of sp³-hybridized carbons (Fsp3) is 0.525. The molecular weight excluding hydrogens is 745 g/mol. The molecule has 3 amide bonds. The van der Waals surface area contributed by atoms with Crippen LogP contribution < -0.4 is 10.1 Å². The minimum Gasteiger partial charge on any atom is -0.491 e. The lowest BCUT2D eigenvalue weighted by molar-refractivity contribution is -0.140. The van der Waals surface area contributed by atoms with Gasteiger partial charge < -0.3 is 19.7 Å². The van der Waals surface area contributed by atoms with E-state index in [4.69, 9.17) is 18.6 Å². The monoisotopic (exact) mass is 796 g/mol. The smallest absolute Gasteiger partial charge is 0.410 e. The van der Waals surface area contributed by atoms with Crippen LogP contribution >= 0.6 is 11.3 Å². The van der Waals surface area contributed by atoms with Gasteiger partial charge in [0.05, 0.1) is 10.9 Å². The van der Waals surface area contributed by atoms with Gasteiger partial charge in [-0.15, -0.1) is 11.3 Å². The minimum atomic E-state index is -3.94. The number of thiazole rings is 1. The number of nitrogens with zero attached hydrogens (tertiary/aromatic N) is 3. The first-order valence-electron chi connectivity index (χ1n) is 18.8. The highest BCUT2D eigenvalue weighted by atomic mass is 32.2. The molecule has 2 fully saturated rings. The molecule has 3 aromatic rings. The summed E-state index contributed by atoms with van der Waals surface area (Å²) in [5.74, 6) is -0.609. The van der Waals surface area contributed by atoms with Crippen molar-refractivity contribution in [3.8, 4) is 5.75 Å². The molecule has 1 saturated heterocycles. The van der Waals surface area contributed by atoms with Crippen LogP contribution in [0, 0.1) is 12.8 Å². The Morgan fingerprint density at radius 1 is 1.00 bits per heavy atom. The second-order valence-electron chi connectivity index (χ2n) is 15.2. The molecule has 15 heteroatoms. The molecule has 5 rings (SSSR count). The Hall–Kier alpha value is -4.34. The molecule has 13 nitrogen and oxygen atoms in total. The number of amides is 3. The third-order valence-corrected chi connectivity index (χ3v) is 12.2. The summed E-state index contributed by atoms with van der Waals surface area (Å²) in [5, 5.41) is 5.34. The molecule has 2 unspecified atom stereocenters. The first-order chi connectivity index (χ1) is 26.0. The second-order valence-corrected chi connectivity index (χ2v) is 17.7. The highest BCUT2D eigenvalue weighted by molar-refractivity contribution is 7.86. The minimum absolute atomic E-state index is 0.0439. The molecule has 1 N–H and O–H groups in total. The van der Waals surface area contributed by atoms with E-state index in [1.807, 2.05) is 6.92 Å². The number of ether oxygens (including phenoxy) is 2. The van der Waals surface area contributed by atoms with E-state index in [-0.39, 0.29) is 47.5 Å². The molecule has 0 radical (unpaired) electrons. The summed E-state index contributed by atoms with van der Waals surface area (Å²) < 4.78 is 41.2. The lowest BCUT2D eigenvalue weighted by atomic mass is 9.83. The highest BCUT2D eigenvalue weighted by Gasteiger charge is 2.41. The van der Waals surface area contributed by atoms with Crippen molar-refractivity contribution in [3.05, 3.63) is 75.7 Å². The highest BCUT2D eigenvalue weighted by Crippen LogP contribution is 2.37. The molecule has 298 valence electrons. The quantitative estimate of drug-likeness (QED) is 0.109. The van der Waals surface area contributed by atoms with Crippen LogP contribution in [0.15, 0.2) is 58.8 Å². The maximum atomic E-state index is 14.4. The number of carbonyl (C=O) groups excluding carboxylic acids is 4. The summed E-state index contributed by atoms with van der Waals surface area (Å²) in [5.41, 5.74) is 0.784. The van der Waals surface area contributed by atoms with E-state index in [1.54, 1.807) is 74.4 Å².